The third-order valence-corrected chi connectivity index (χ3v) is 3.54. The van der Waals surface area contributed by atoms with E-state index in [4.69, 9.17) is 5.73 Å². The van der Waals surface area contributed by atoms with Crippen LogP contribution in [0.4, 0.5) is 17.6 Å². The first kappa shape index (κ1) is 15.4. The number of aromatic nitrogens is 1. The SMILES string of the molecule is NCc1cc2ccc(F)cc2c(-c2ccc(C(F)(F)F)cc2)n1. The normalized spacial score (nSPS) is 11.9. The molecule has 0 radical (unpaired) electrons. The molecule has 1 aromatic heterocycles. The van der Waals surface area contributed by atoms with E-state index in [0.717, 1.165) is 17.5 Å². The van der Waals surface area contributed by atoms with E-state index in [1.165, 1.54) is 24.3 Å². The monoisotopic (exact) mass is 320 g/mol. The van der Waals surface area contributed by atoms with E-state index in [2.05, 4.69) is 4.98 Å². The zero-order chi connectivity index (χ0) is 16.6. The van der Waals surface area contributed by atoms with Crippen LogP contribution in [0, 0.1) is 5.82 Å². The van der Waals surface area contributed by atoms with Gasteiger partial charge in [-0.05, 0) is 35.7 Å². The second kappa shape index (κ2) is 5.62. The number of nitrogens with two attached hydrogens (primary N) is 1. The summed E-state index contributed by atoms with van der Waals surface area (Å²) >= 11 is 0. The average molecular weight is 320 g/mol. The first-order valence-electron chi connectivity index (χ1n) is 6.85. The van der Waals surface area contributed by atoms with Crippen LogP contribution in [0.25, 0.3) is 22.0 Å². The summed E-state index contributed by atoms with van der Waals surface area (Å²) in [6, 6.07) is 10.6. The van der Waals surface area contributed by atoms with Gasteiger partial charge in [0, 0.05) is 17.5 Å². The molecule has 3 aromatic rings. The molecule has 0 saturated heterocycles. The third kappa shape index (κ3) is 3.03. The Hall–Kier alpha value is -2.47. The Morgan fingerprint density at radius 3 is 2.26 bits per heavy atom. The van der Waals surface area contributed by atoms with Crippen LogP contribution in [0.3, 0.4) is 0 Å². The van der Waals surface area contributed by atoms with Gasteiger partial charge in [-0.25, -0.2) is 4.39 Å². The first-order valence-corrected chi connectivity index (χ1v) is 6.85. The lowest BCUT2D eigenvalue weighted by atomic mass is 10.0. The smallest absolute Gasteiger partial charge is 0.325 e. The molecule has 0 aliphatic carbocycles. The molecule has 2 N–H and O–H groups in total. The quantitative estimate of drug-likeness (QED) is 0.705. The molecule has 0 atom stereocenters. The number of benzene rings is 2. The lowest BCUT2D eigenvalue weighted by Crippen LogP contribution is -2.04. The number of nitrogens with zero attached hydrogens (tertiary/aromatic N) is 1. The van der Waals surface area contributed by atoms with E-state index < -0.39 is 17.6 Å². The highest BCUT2D eigenvalue weighted by Gasteiger charge is 2.30. The van der Waals surface area contributed by atoms with Crippen LogP contribution in [-0.2, 0) is 12.7 Å². The van der Waals surface area contributed by atoms with Crippen molar-refractivity contribution in [3.05, 3.63) is 65.6 Å². The van der Waals surface area contributed by atoms with E-state index in [-0.39, 0.29) is 6.54 Å². The summed E-state index contributed by atoms with van der Waals surface area (Å²) in [5, 5.41) is 1.26. The highest BCUT2D eigenvalue weighted by Crippen LogP contribution is 2.33. The van der Waals surface area contributed by atoms with Crippen LogP contribution in [0.15, 0.2) is 48.5 Å². The Kier molecular flexibility index (Phi) is 3.77. The van der Waals surface area contributed by atoms with Crippen LogP contribution >= 0.6 is 0 Å². The van der Waals surface area contributed by atoms with Gasteiger partial charge in [-0.3, -0.25) is 4.98 Å². The maximum atomic E-state index is 13.5. The predicted molar refractivity (Wildman–Crippen MR) is 80.0 cm³/mol. The second-order valence-electron chi connectivity index (χ2n) is 5.11. The van der Waals surface area contributed by atoms with Crippen molar-refractivity contribution in [3.8, 4) is 11.3 Å². The number of alkyl halides is 3. The molecule has 1 heterocycles. The van der Waals surface area contributed by atoms with Crippen LogP contribution in [-0.4, -0.2) is 4.98 Å². The molecule has 0 unspecified atom stereocenters. The van der Waals surface area contributed by atoms with Crippen molar-refractivity contribution in [1.82, 2.24) is 4.98 Å². The highest BCUT2D eigenvalue weighted by molar-refractivity contribution is 5.94. The van der Waals surface area contributed by atoms with Gasteiger partial charge < -0.3 is 5.73 Å². The van der Waals surface area contributed by atoms with Crippen molar-refractivity contribution in [2.75, 3.05) is 0 Å². The third-order valence-electron chi connectivity index (χ3n) is 3.54. The van der Waals surface area contributed by atoms with Crippen LogP contribution < -0.4 is 5.73 Å². The predicted octanol–water partition coefficient (Wildman–Crippen LogP) is 4.52. The number of pyridine rings is 1. The minimum absolute atomic E-state index is 0.181. The van der Waals surface area contributed by atoms with Gasteiger partial charge in [-0.15, -0.1) is 0 Å². The lowest BCUT2D eigenvalue weighted by molar-refractivity contribution is -0.137. The average Bonchev–Trinajstić information content (AvgIpc) is 2.53. The molecule has 0 aliphatic rings. The summed E-state index contributed by atoms with van der Waals surface area (Å²) in [6.07, 6.45) is -4.40. The molecule has 0 saturated carbocycles. The first-order chi connectivity index (χ1) is 10.9. The van der Waals surface area contributed by atoms with Gasteiger partial charge in [0.1, 0.15) is 5.82 Å². The Labute approximate surface area is 129 Å². The van der Waals surface area contributed by atoms with Gasteiger partial charge >= 0.3 is 6.18 Å². The fraction of sp³-hybridized carbons (Fsp3) is 0.118. The lowest BCUT2D eigenvalue weighted by Gasteiger charge is -2.11. The largest absolute Gasteiger partial charge is 0.416 e. The van der Waals surface area contributed by atoms with Crippen molar-refractivity contribution >= 4 is 10.8 Å². The zero-order valence-electron chi connectivity index (χ0n) is 11.9. The summed E-state index contributed by atoms with van der Waals surface area (Å²) in [4.78, 5) is 4.35. The van der Waals surface area contributed by atoms with Crippen molar-refractivity contribution in [2.45, 2.75) is 12.7 Å². The Morgan fingerprint density at radius 2 is 1.65 bits per heavy atom. The number of fused-ring (bicyclic) bond motifs is 1. The van der Waals surface area contributed by atoms with Crippen LogP contribution in [0.2, 0.25) is 0 Å². The van der Waals surface area contributed by atoms with Gasteiger partial charge in [-0.2, -0.15) is 13.2 Å². The molecule has 0 amide bonds. The number of halogens is 4. The molecular weight excluding hydrogens is 308 g/mol. The van der Waals surface area contributed by atoms with Gasteiger partial charge in [0.05, 0.1) is 17.0 Å². The molecule has 118 valence electrons. The topological polar surface area (TPSA) is 38.9 Å². The minimum Gasteiger partial charge on any atom is -0.325 e. The minimum atomic E-state index is -4.40. The van der Waals surface area contributed by atoms with Crippen molar-refractivity contribution in [3.63, 3.8) is 0 Å². The van der Waals surface area contributed by atoms with Crippen LogP contribution in [0.1, 0.15) is 11.3 Å². The zero-order valence-corrected chi connectivity index (χ0v) is 11.9. The molecule has 0 bridgehead atoms. The molecule has 23 heavy (non-hydrogen) atoms. The summed E-state index contributed by atoms with van der Waals surface area (Å²) < 4.78 is 51.5. The van der Waals surface area contributed by atoms with Gasteiger partial charge in [0.2, 0.25) is 0 Å². The molecule has 6 heteroatoms. The van der Waals surface area contributed by atoms with Gasteiger partial charge in [0.25, 0.3) is 0 Å². The van der Waals surface area contributed by atoms with E-state index in [9.17, 15) is 17.6 Å². The molecule has 2 nitrogen and oxygen atoms in total. The number of hydrogen-bond donors (Lipinski definition) is 1. The van der Waals surface area contributed by atoms with Crippen molar-refractivity contribution in [2.24, 2.45) is 5.73 Å². The second-order valence-corrected chi connectivity index (χ2v) is 5.11. The molecule has 0 fully saturated rings. The van der Waals surface area contributed by atoms with E-state index in [1.54, 1.807) is 12.1 Å². The summed E-state index contributed by atoms with van der Waals surface area (Å²) in [5.41, 5.74) is 6.34. The standard InChI is InChI=1S/C17H12F4N2/c18-13-6-3-11-7-14(9-22)23-16(15(11)8-13)10-1-4-12(5-2-10)17(19,20)21/h1-8H,9,22H2. The molecule has 0 aliphatic heterocycles. The Morgan fingerprint density at radius 1 is 0.957 bits per heavy atom. The molecule has 3 rings (SSSR count). The van der Waals surface area contributed by atoms with E-state index in [0.29, 0.717) is 22.3 Å². The van der Waals surface area contributed by atoms with E-state index in [1.807, 2.05) is 0 Å². The molecule has 0 spiro atoms. The molecule has 2 aromatic carbocycles. The van der Waals surface area contributed by atoms with Gasteiger partial charge in [-0.1, -0.05) is 18.2 Å². The van der Waals surface area contributed by atoms with Crippen molar-refractivity contribution < 1.29 is 17.6 Å². The summed E-state index contributed by atoms with van der Waals surface area (Å²) in [5.74, 6) is -0.437. The number of hydrogen-bond acceptors (Lipinski definition) is 2. The fourth-order valence-electron chi connectivity index (χ4n) is 2.42. The van der Waals surface area contributed by atoms with Gasteiger partial charge in [0.15, 0.2) is 0 Å². The number of rotatable bonds is 2. The van der Waals surface area contributed by atoms with Crippen molar-refractivity contribution in [1.29, 1.82) is 0 Å². The maximum Gasteiger partial charge on any atom is 0.416 e. The highest BCUT2D eigenvalue weighted by atomic mass is 19.4. The van der Waals surface area contributed by atoms with E-state index >= 15 is 0 Å². The maximum absolute atomic E-state index is 13.5. The Balaban J connectivity index is 2.20. The summed E-state index contributed by atoms with van der Waals surface area (Å²) in [7, 11) is 0. The van der Waals surface area contributed by atoms with Crippen LogP contribution in [0.5, 0.6) is 0 Å². The molecular formula is C17H12F4N2. The summed E-state index contributed by atoms with van der Waals surface area (Å²) in [6.45, 7) is 0.181. The Bertz CT molecular complexity index is 855. The fourth-order valence-corrected chi connectivity index (χ4v) is 2.42.